The molecule has 0 atom stereocenters. The Bertz CT molecular complexity index is 690. The number of amides is 3. The standard InChI is InChI=1S/C19H26N4O3/c1-14-3-2-4-16(13-14)21-9-11-23(12-10-21)19(26)18(25)22-7-5-15(6-8-22)17(20)24/h2-4,13,15H,5-12H2,1H3,(H2,20,24). The van der Waals surface area contributed by atoms with Crippen LogP contribution in [0.25, 0.3) is 0 Å². The summed E-state index contributed by atoms with van der Waals surface area (Å²) in [5, 5.41) is 0. The summed E-state index contributed by atoms with van der Waals surface area (Å²) in [5.41, 5.74) is 7.67. The van der Waals surface area contributed by atoms with Gasteiger partial charge in [-0.15, -0.1) is 0 Å². The molecular formula is C19H26N4O3. The van der Waals surface area contributed by atoms with Crippen LogP contribution in [0.5, 0.6) is 0 Å². The van der Waals surface area contributed by atoms with E-state index >= 15 is 0 Å². The molecule has 7 heteroatoms. The molecule has 26 heavy (non-hydrogen) atoms. The highest BCUT2D eigenvalue weighted by Gasteiger charge is 2.32. The molecule has 1 aromatic carbocycles. The quantitative estimate of drug-likeness (QED) is 0.774. The maximum atomic E-state index is 12.5. The van der Waals surface area contributed by atoms with Gasteiger partial charge in [0.15, 0.2) is 0 Å². The Labute approximate surface area is 153 Å². The van der Waals surface area contributed by atoms with Crippen LogP contribution in [0.1, 0.15) is 18.4 Å². The fourth-order valence-electron chi connectivity index (χ4n) is 3.63. The van der Waals surface area contributed by atoms with Gasteiger partial charge < -0.3 is 20.4 Å². The molecular weight excluding hydrogens is 332 g/mol. The number of carbonyl (C=O) groups excluding carboxylic acids is 3. The van der Waals surface area contributed by atoms with Crippen LogP contribution in [0, 0.1) is 12.8 Å². The van der Waals surface area contributed by atoms with E-state index in [-0.39, 0.29) is 11.8 Å². The number of nitrogens with two attached hydrogens (primary N) is 1. The number of carbonyl (C=O) groups is 3. The molecule has 2 aliphatic heterocycles. The van der Waals surface area contributed by atoms with Crippen molar-refractivity contribution < 1.29 is 14.4 Å². The zero-order valence-corrected chi connectivity index (χ0v) is 15.2. The van der Waals surface area contributed by atoms with Gasteiger partial charge in [-0.2, -0.15) is 0 Å². The van der Waals surface area contributed by atoms with E-state index in [9.17, 15) is 14.4 Å². The van der Waals surface area contributed by atoms with Gasteiger partial charge >= 0.3 is 11.8 Å². The van der Waals surface area contributed by atoms with Crippen molar-refractivity contribution >= 4 is 23.4 Å². The summed E-state index contributed by atoms with van der Waals surface area (Å²) in [5.74, 6) is -1.41. The number of nitrogens with zero attached hydrogens (tertiary/aromatic N) is 3. The van der Waals surface area contributed by atoms with Gasteiger partial charge in [-0.1, -0.05) is 12.1 Å². The van der Waals surface area contributed by atoms with Crippen molar-refractivity contribution in [1.29, 1.82) is 0 Å². The first kappa shape index (κ1) is 18.2. The van der Waals surface area contributed by atoms with Crippen molar-refractivity contribution in [1.82, 2.24) is 9.80 Å². The molecule has 0 saturated carbocycles. The maximum Gasteiger partial charge on any atom is 0.312 e. The number of rotatable bonds is 2. The van der Waals surface area contributed by atoms with Crippen LogP contribution in [0.2, 0.25) is 0 Å². The maximum absolute atomic E-state index is 12.5. The van der Waals surface area contributed by atoms with Crippen LogP contribution < -0.4 is 10.6 Å². The van der Waals surface area contributed by atoms with Crippen molar-refractivity contribution in [3.63, 3.8) is 0 Å². The van der Waals surface area contributed by atoms with Gasteiger partial charge in [0.2, 0.25) is 5.91 Å². The highest BCUT2D eigenvalue weighted by Crippen LogP contribution is 2.19. The normalized spacial score (nSPS) is 18.7. The summed E-state index contributed by atoms with van der Waals surface area (Å²) >= 11 is 0. The lowest BCUT2D eigenvalue weighted by Crippen LogP contribution is -2.54. The molecule has 2 heterocycles. The molecule has 2 N–H and O–H groups in total. The van der Waals surface area contributed by atoms with Crippen molar-refractivity contribution in [2.45, 2.75) is 19.8 Å². The van der Waals surface area contributed by atoms with Gasteiger partial charge in [0.25, 0.3) is 0 Å². The molecule has 2 fully saturated rings. The summed E-state index contributed by atoms with van der Waals surface area (Å²) in [6.45, 7) is 5.40. The zero-order chi connectivity index (χ0) is 18.7. The number of anilines is 1. The molecule has 0 unspecified atom stereocenters. The molecule has 3 amide bonds. The zero-order valence-electron chi connectivity index (χ0n) is 15.2. The van der Waals surface area contributed by atoms with Gasteiger partial charge in [0.05, 0.1) is 0 Å². The molecule has 1 aromatic rings. The second-order valence-corrected chi connectivity index (χ2v) is 7.09. The summed E-state index contributed by atoms with van der Waals surface area (Å²) in [6.07, 6.45) is 1.07. The van der Waals surface area contributed by atoms with E-state index in [2.05, 4.69) is 30.0 Å². The third-order valence-corrected chi connectivity index (χ3v) is 5.30. The Balaban J connectivity index is 1.52. The number of aryl methyl sites for hydroxylation is 1. The largest absolute Gasteiger partial charge is 0.369 e. The molecule has 0 bridgehead atoms. The Kier molecular flexibility index (Phi) is 5.44. The lowest BCUT2D eigenvalue weighted by molar-refractivity contribution is -0.153. The summed E-state index contributed by atoms with van der Waals surface area (Å²) in [7, 11) is 0. The number of hydrogen-bond acceptors (Lipinski definition) is 4. The number of piperazine rings is 1. The second kappa shape index (κ2) is 7.76. The Hall–Kier alpha value is -2.57. The predicted octanol–water partition coefficient (Wildman–Crippen LogP) is 0.368. The first-order valence-electron chi connectivity index (χ1n) is 9.15. The van der Waals surface area contributed by atoms with Crippen LogP contribution in [0.4, 0.5) is 5.69 Å². The minimum atomic E-state index is -0.461. The van der Waals surface area contributed by atoms with Crippen LogP contribution in [-0.4, -0.2) is 66.8 Å². The number of benzene rings is 1. The Morgan fingerprint density at radius 1 is 0.923 bits per heavy atom. The molecule has 0 radical (unpaired) electrons. The van der Waals surface area contributed by atoms with Crippen molar-refractivity contribution in [3.8, 4) is 0 Å². The first-order chi connectivity index (χ1) is 12.5. The average Bonchev–Trinajstić information content (AvgIpc) is 2.67. The number of hydrogen-bond donors (Lipinski definition) is 1. The van der Waals surface area contributed by atoms with Crippen LogP contribution in [0.3, 0.4) is 0 Å². The Morgan fingerprint density at radius 3 is 2.04 bits per heavy atom. The smallest absolute Gasteiger partial charge is 0.312 e. The summed E-state index contributed by atoms with van der Waals surface area (Å²) in [4.78, 5) is 41.6. The van der Waals surface area contributed by atoms with Gasteiger partial charge in [-0.05, 0) is 37.5 Å². The average molecular weight is 358 g/mol. The van der Waals surface area contributed by atoms with Gasteiger partial charge in [-0.25, -0.2) is 0 Å². The van der Waals surface area contributed by atoms with E-state index < -0.39 is 11.8 Å². The highest BCUT2D eigenvalue weighted by molar-refractivity contribution is 6.35. The van der Waals surface area contributed by atoms with E-state index in [0.29, 0.717) is 52.1 Å². The number of primary amides is 1. The topological polar surface area (TPSA) is 87.0 Å². The summed E-state index contributed by atoms with van der Waals surface area (Å²) in [6, 6.07) is 8.29. The summed E-state index contributed by atoms with van der Waals surface area (Å²) < 4.78 is 0. The van der Waals surface area contributed by atoms with E-state index in [1.165, 1.54) is 5.56 Å². The van der Waals surface area contributed by atoms with E-state index in [1.807, 2.05) is 6.07 Å². The van der Waals surface area contributed by atoms with Crippen molar-refractivity contribution in [2.75, 3.05) is 44.2 Å². The minimum Gasteiger partial charge on any atom is -0.369 e. The molecule has 3 rings (SSSR count). The molecule has 2 aliphatic rings. The van der Waals surface area contributed by atoms with Crippen molar-refractivity contribution in [2.24, 2.45) is 11.7 Å². The predicted molar refractivity (Wildman–Crippen MR) is 98.5 cm³/mol. The van der Waals surface area contributed by atoms with Gasteiger partial charge in [0, 0.05) is 50.9 Å². The molecule has 2 saturated heterocycles. The lowest BCUT2D eigenvalue weighted by Gasteiger charge is -2.37. The van der Waals surface area contributed by atoms with E-state index in [4.69, 9.17) is 5.73 Å². The van der Waals surface area contributed by atoms with Gasteiger partial charge in [-0.3, -0.25) is 14.4 Å². The van der Waals surface area contributed by atoms with E-state index in [0.717, 1.165) is 5.69 Å². The fraction of sp³-hybridized carbons (Fsp3) is 0.526. The number of piperidine rings is 1. The van der Waals surface area contributed by atoms with Crippen LogP contribution in [0.15, 0.2) is 24.3 Å². The lowest BCUT2D eigenvalue weighted by atomic mass is 9.96. The van der Waals surface area contributed by atoms with Crippen LogP contribution >= 0.6 is 0 Å². The minimum absolute atomic E-state index is 0.188. The molecule has 0 aliphatic carbocycles. The Morgan fingerprint density at radius 2 is 1.50 bits per heavy atom. The monoisotopic (exact) mass is 358 g/mol. The van der Waals surface area contributed by atoms with Crippen LogP contribution in [-0.2, 0) is 14.4 Å². The van der Waals surface area contributed by atoms with Crippen molar-refractivity contribution in [3.05, 3.63) is 29.8 Å². The third kappa shape index (κ3) is 3.98. The first-order valence-corrected chi connectivity index (χ1v) is 9.15. The third-order valence-electron chi connectivity index (χ3n) is 5.30. The second-order valence-electron chi connectivity index (χ2n) is 7.09. The fourth-order valence-corrected chi connectivity index (χ4v) is 3.63. The molecule has 0 spiro atoms. The molecule has 0 aromatic heterocycles. The highest BCUT2D eigenvalue weighted by atomic mass is 16.2. The number of likely N-dealkylation sites (tertiary alicyclic amines) is 1. The molecule has 140 valence electrons. The SMILES string of the molecule is Cc1cccc(N2CCN(C(=O)C(=O)N3CCC(C(N)=O)CC3)CC2)c1. The van der Waals surface area contributed by atoms with Gasteiger partial charge in [0.1, 0.15) is 0 Å². The van der Waals surface area contributed by atoms with E-state index in [1.54, 1.807) is 9.80 Å². The molecule has 7 nitrogen and oxygen atoms in total.